The Morgan fingerprint density at radius 2 is 0.862 bits per heavy atom. The van der Waals surface area contributed by atoms with Crippen LogP contribution in [0.15, 0.2) is 97.1 Å². The van der Waals surface area contributed by atoms with Gasteiger partial charge in [-0.05, 0) is 70.5 Å². The fourth-order valence-electron chi connectivity index (χ4n) is 4.78. The fourth-order valence-corrected chi connectivity index (χ4v) is 4.78. The van der Waals surface area contributed by atoms with Crippen molar-refractivity contribution in [1.82, 2.24) is 0 Å². The minimum atomic E-state index is -0.207. The van der Waals surface area contributed by atoms with E-state index in [9.17, 15) is 10.2 Å². The Balaban J connectivity index is 1.71. The zero-order valence-corrected chi connectivity index (χ0v) is 16.0. The van der Waals surface area contributed by atoms with E-state index in [2.05, 4.69) is 48.5 Å². The van der Waals surface area contributed by atoms with Gasteiger partial charge < -0.3 is 10.2 Å². The summed E-state index contributed by atoms with van der Waals surface area (Å²) in [6, 6.07) is 32.4. The van der Waals surface area contributed by atoms with Crippen LogP contribution in [0.25, 0.3) is 11.1 Å². The second-order valence-corrected chi connectivity index (χ2v) is 7.86. The van der Waals surface area contributed by atoms with Gasteiger partial charge in [0.1, 0.15) is 11.5 Å². The van der Waals surface area contributed by atoms with Gasteiger partial charge >= 0.3 is 0 Å². The second-order valence-electron chi connectivity index (χ2n) is 7.86. The maximum atomic E-state index is 9.73. The van der Waals surface area contributed by atoms with Crippen molar-refractivity contribution in [2.75, 3.05) is 0 Å². The zero-order chi connectivity index (χ0) is 19.8. The molecule has 0 saturated carbocycles. The lowest BCUT2D eigenvalue weighted by Gasteiger charge is -2.33. The van der Waals surface area contributed by atoms with Crippen LogP contribution in [-0.2, 0) is 18.3 Å². The first kappa shape index (κ1) is 17.6. The molecule has 0 aromatic heterocycles. The van der Waals surface area contributed by atoms with Gasteiger partial charge in [0.25, 0.3) is 0 Å². The summed E-state index contributed by atoms with van der Waals surface area (Å²) in [4.78, 5) is 0. The minimum absolute atomic E-state index is 0.207. The molecule has 142 valence electrons. The van der Waals surface area contributed by atoms with Crippen molar-refractivity contribution in [2.45, 2.75) is 18.3 Å². The van der Waals surface area contributed by atoms with Crippen molar-refractivity contribution in [3.8, 4) is 22.6 Å². The SMILES string of the molecule is Oc1ccc(CC2(Cc3ccc(O)cc3)c3ccccc3-c3ccccc32)cc1. The van der Waals surface area contributed by atoms with Gasteiger partial charge in [-0.25, -0.2) is 0 Å². The largest absolute Gasteiger partial charge is 0.508 e. The average molecular weight is 378 g/mol. The highest BCUT2D eigenvalue weighted by atomic mass is 16.3. The third-order valence-electron chi connectivity index (χ3n) is 6.06. The number of hydrogen-bond donors (Lipinski definition) is 2. The van der Waals surface area contributed by atoms with Crippen molar-refractivity contribution in [3.05, 3.63) is 119 Å². The summed E-state index contributed by atoms with van der Waals surface area (Å²) < 4.78 is 0. The standard InChI is InChI=1S/C27H22O2/c28-21-13-9-19(10-14-21)17-27(18-20-11-15-22(29)16-12-20)25-7-3-1-5-23(25)24-6-2-4-8-26(24)27/h1-16,28-29H,17-18H2. The highest BCUT2D eigenvalue weighted by Gasteiger charge is 2.42. The summed E-state index contributed by atoms with van der Waals surface area (Å²) in [6.45, 7) is 0. The lowest BCUT2D eigenvalue weighted by molar-refractivity contribution is 0.473. The van der Waals surface area contributed by atoms with Crippen LogP contribution in [0.4, 0.5) is 0 Å². The number of benzene rings is 4. The molecule has 2 heteroatoms. The van der Waals surface area contributed by atoms with Gasteiger partial charge in [-0.1, -0.05) is 72.8 Å². The zero-order valence-electron chi connectivity index (χ0n) is 16.0. The van der Waals surface area contributed by atoms with E-state index in [1.165, 1.54) is 33.4 Å². The quantitative estimate of drug-likeness (QED) is 0.468. The number of phenols is 2. The molecule has 0 unspecified atom stereocenters. The van der Waals surface area contributed by atoms with E-state index >= 15 is 0 Å². The highest BCUT2D eigenvalue weighted by molar-refractivity contribution is 5.81. The summed E-state index contributed by atoms with van der Waals surface area (Å²) >= 11 is 0. The first-order valence-electron chi connectivity index (χ1n) is 9.91. The summed E-state index contributed by atoms with van der Waals surface area (Å²) in [7, 11) is 0. The second kappa shape index (κ2) is 6.82. The molecule has 0 fully saturated rings. The topological polar surface area (TPSA) is 40.5 Å². The van der Waals surface area contributed by atoms with E-state index in [0.29, 0.717) is 0 Å². The molecule has 0 amide bonds. The van der Waals surface area contributed by atoms with E-state index in [-0.39, 0.29) is 16.9 Å². The first-order valence-corrected chi connectivity index (χ1v) is 9.91. The molecule has 2 nitrogen and oxygen atoms in total. The molecule has 1 aliphatic carbocycles. The van der Waals surface area contributed by atoms with E-state index in [0.717, 1.165) is 12.8 Å². The van der Waals surface area contributed by atoms with Gasteiger partial charge in [-0.2, -0.15) is 0 Å². The Hall–Kier alpha value is -3.52. The Morgan fingerprint density at radius 1 is 0.483 bits per heavy atom. The number of fused-ring (bicyclic) bond motifs is 3. The van der Waals surface area contributed by atoms with Crippen LogP contribution in [0, 0.1) is 0 Å². The molecule has 2 N–H and O–H groups in total. The van der Waals surface area contributed by atoms with Gasteiger partial charge in [0.15, 0.2) is 0 Å². The predicted octanol–water partition coefficient (Wildman–Crippen LogP) is 5.85. The van der Waals surface area contributed by atoms with Crippen molar-refractivity contribution >= 4 is 0 Å². The van der Waals surface area contributed by atoms with E-state index in [1.807, 2.05) is 24.3 Å². The molecule has 0 spiro atoms. The van der Waals surface area contributed by atoms with Gasteiger partial charge in [0.2, 0.25) is 0 Å². The monoisotopic (exact) mass is 378 g/mol. The third kappa shape index (κ3) is 2.98. The number of rotatable bonds is 4. The van der Waals surface area contributed by atoms with Crippen LogP contribution in [0.2, 0.25) is 0 Å². The average Bonchev–Trinajstić information content (AvgIpc) is 3.02. The van der Waals surface area contributed by atoms with Crippen LogP contribution in [0.1, 0.15) is 22.3 Å². The van der Waals surface area contributed by atoms with Crippen LogP contribution < -0.4 is 0 Å². The van der Waals surface area contributed by atoms with Crippen LogP contribution in [-0.4, -0.2) is 10.2 Å². The van der Waals surface area contributed by atoms with E-state index in [4.69, 9.17) is 0 Å². The Kier molecular flexibility index (Phi) is 4.13. The molecule has 0 radical (unpaired) electrons. The predicted molar refractivity (Wildman–Crippen MR) is 116 cm³/mol. The summed E-state index contributed by atoms with van der Waals surface area (Å²) in [5.74, 6) is 0.571. The number of hydrogen-bond acceptors (Lipinski definition) is 2. The Bertz CT molecular complexity index is 1060. The summed E-state index contributed by atoms with van der Waals surface area (Å²) in [6.07, 6.45) is 1.67. The number of aromatic hydroxyl groups is 2. The fraction of sp³-hybridized carbons (Fsp3) is 0.111. The molecule has 0 saturated heterocycles. The van der Waals surface area contributed by atoms with E-state index in [1.54, 1.807) is 24.3 Å². The molecule has 0 heterocycles. The highest BCUT2D eigenvalue weighted by Crippen LogP contribution is 2.52. The van der Waals surface area contributed by atoms with E-state index < -0.39 is 0 Å². The Morgan fingerprint density at radius 3 is 1.28 bits per heavy atom. The van der Waals surface area contributed by atoms with Crippen molar-refractivity contribution in [3.63, 3.8) is 0 Å². The van der Waals surface area contributed by atoms with Crippen LogP contribution in [0.5, 0.6) is 11.5 Å². The molecule has 0 aliphatic heterocycles. The normalized spacial score (nSPS) is 13.7. The molecule has 29 heavy (non-hydrogen) atoms. The maximum Gasteiger partial charge on any atom is 0.115 e. The number of phenolic OH excluding ortho intramolecular Hbond substituents is 2. The molecule has 4 aromatic rings. The van der Waals surface area contributed by atoms with Gasteiger partial charge in [0, 0.05) is 5.41 Å². The molecular weight excluding hydrogens is 356 g/mol. The summed E-state index contributed by atoms with van der Waals surface area (Å²) in [5, 5.41) is 19.5. The third-order valence-corrected chi connectivity index (χ3v) is 6.06. The molecular formula is C27H22O2. The van der Waals surface area contributed by atoms with Gasteiger partial charge in [-0.15, -0.1) is 0 Å². The lowest BCUT2D eigenvalue weighted by atomic mass is 9.69. The van der Waals surface area contributed by atoms with Gasteiger partial charge in [0.05, 0.1) is 0 Å². The lowest BCUT2D eigenvalue weighted by Crippen LogP contribution is -2.31. The molecule has 5 rings (SSSR count). The molecule has 4 aromatic carbocycles. The van der Waals surface area contributed by atoms with Crippen LogP contribution >= 0.6 is 0 Å². The van der Waals surface area contributed by atoms with Crippen molar-refractivity contribution in [1.29, 1.82) is 0 Å². The van der Waals surface area contributed by atoms with Crippen molar-refractivity contribution < 1.29 is 10.2 Å². The minimum Gasteiger partial charge on any atom is -0.508 e. The first-order chi connectivity index (χ1) is 14.2. The van der Waals surface area contributed by atoms with Crippen LogP contribution in [0.3, 0.4) is 0 Å². The molecule has 0 bridgehead atoms. The van der Waals surface area contributed by atoms with Crippen molar-refractivity contribution in [2.24, 2.45) is 0 Å². The Labute approximate surface area is 170 Å². The molecule has 1 aliphatic rings. The maximum absolute atomic E-state index is 9.73. The smallest absolute Gasteiger partial charge is 0.115 e. The summed E-state index contributed by atoms with van der Waals surface area (Å²) in [5.41, 5.74) is 7.42. The molecule has 0 atom stereocenters. The van der Waals surface area contributed by atoms with Gasteiger partial charge in [-0.3, -0.25) is 0 Å².